The summed E-state index contributed by atoms with van der Waals surface area (Å²) in [6.45, 7) is 9.13. The lowest BCUT2D eigenvalue weighted by Gasteiger charge is -2.29. The van der Waals surface area contributed by atoms with Gasteiger partial charge < -0.3 is 4.90 Å². The first kappa shape index (κ1) is 20.4. The Morgan fingerprint density at radius 3 is 2.61 bits per heavy atom. The van der Waals surface area contributed by atoms with Crippen molar-refractivity contribution in [3.63, 3.8) is 0 Å². The van der Waals surface area contributed by atoms with Gasteiger partial charge in [-0.2, -0.15) is 0 Å². The minimum Gasteiger partial charge on any atom is -0.306 e. The van der Waals surface area contributed by atoms with Crippen molar-refractivity contribution in [2.75, 3.05) is 20.1 Å². The molecule has 3 aromatic rings. The van der Waals surface area contributed by atoms with Crippen molar-refractivity contribution < 1.29 is 0 Å². The van der Waals surface area contributed by atoms with Crippen LogP contribution in [0.25, 0.3) is 16.7 Å². The quantitative estimate of drug-likeness (QED) is 0.564. The number of aliphatic imine (C=N–C) groups is 1. The first-order valence-electron chi connectivity index (χ1n) is 11.8. The molecule has 162 valence electrons. The molecule has 0 atom stereocenters. The number of fused-ring (bicyclic) bond motifs is 2. The summed E-state index contributed by atoms with van der Waals surface area (Å²) in [6, 6.07) is 8.23. The smallest absolute Gasteiger partial charge is 0.113 e. The van der Waals surface area contributed by atoms with E-state index in [1.54, 1.807) is 0 Å². The molecule has 0 aliphatic carbocycles. The maximum Gasteiger partial charge on any atom is 0.113 e. The summed E-state index contributed by atoms with van der Waals surface area (Å²) >= 11 is 0. The second-order valence-corrected chi connectivity index (χ2v) is 9.36. The summed E-state index contributed by atoms with van der Waals surface area (Å²) in [5, 5.41) is 8.99. The Morgan fingerprint density at radius 2 is 1.84 bits per heavy atom. The maximum absolute atomic E-state index is 5.30. The molecule has 0 amide bonds. The molecule has 1 aromatic heterocycles. The summed E-state index contributed by atoms with van der Waals surface area (Å²) in [7, 11) is 2.23. The highest BCUT2D eigenvalue weighted by atomic mass is 15.4. The Kier molecular flexibility index (Phi) is 5.39. The minimum absolute atomic E-state index is 0.623. The molecule has 2 aliphatic heterocycles. The lowest BCUT2D eigenvalue weighted by atomic mass is 9.86. The molecule has 0 unspecified atom stereocenters. The number of hydrogen-bond donors (Lipinski definition) is 0. The van der Waals surface area contributed by atoms with Crippen LogP contribution in [-0.2, 0) is 12.8 Å². The third-order valence-electron chi connectivity index (χ3n) is 7.32. The Hall–Kier alpha value is -2.53. The summed E-state index contributed by atoms with van der Waals surface area (Å²) in [6.07, 6.45) is 7.01. The summed E-state index contributed by atoms with van der Waals surface area (Å²) in [5.74, 6) is 0.623. The van der Waals surface area contributed by atoms with E-state index in [4.69, 9.17) is 4.99 Å². The number of nitrogens with zero attached hydrogens (tertiary/aromatic N) is 5. The first-order valence-corrected chi connectivity index (χ1v) is 11.8. The van der Waals surface area contributed by atoms with Crippen LogP contribution in [0.1, 0.15) is 54.9 Å². The van der Waals surface area contributed by atoms with Gasteiger partial charge in [0.15, 0.2) is 0 Å². The molecule has 2 aromatic carbocycles. The van der Waals surface area contributed by atoms with Gasteiger partial charge in [0.1, 0.15) is 5.52 Å². The van der Waals surface area contributed by atoms with E-state index in [1.165, 1.54) is 78.1 Å². The van der Waals surface area contributed by atoms with Crippen molar-refractivity contribution in [2.45, 2.75) is 59.3 Å². The van der Waals surface area contributed by atoms with E-state index in [0.29, 0.717) is 5.92 Å². The standard InChI is InChI=1S/C26H33N5/c1-5-6-9-20-17(2)26(31-24-11-8-7-10-22(24)28-29-31)18(3)25-21(20)16-23(27-25)19-12-14-30(4)15-13-19/h7-8,10-11,19H,5-6,9,12-16H2,1-4H3. The number of benzene rings is 2. The van der Waals surface area contributed by atoms with E-state index >= 15 is 0 Å². The van der Waals surface area contributed by atoms with Crippen molar-refractivity contribution >= 4 is 22.4 Å². The minimum atomic E-state index is 0.623. The van der Waals surface area contributed by atoms with E-state index in [2.05, 4.69) is 55.2 Å². The molecule has 31 heavy (non-hydrogen) atoms. The van der Waals surface area contributed by atoms with Crippen LogP contribution in [0.4, 0.5) is 5.69 Å². The fourth-order valence-electron chi connectivity index (χ4n) is 5.46. The van der Waals surface area contributed by atoms with Crippen molar-refractivity contribution in [1.29, 1.82) is 0 Å². The summed E-state index contributed by atoms with van der Waals surface area (Å²) < 4.78 is 2.04. The number of aromatic nitrogens is 3. The SMILES string of the molecule is CCCCc1c(C)c(-n2nnc3ccccc32)c(C)c2c1CC(C1CCN(C)CC1)=N2. The van der Waals surface area contributed by atoms with Gasteiger partial charge in [0, 0.05) is 23.6 Å². The van der Waals surface area contributed by atoms with E-state index in [0.717, 1.165) is 23.9 Å². The van der Waals surface area contributed by atoms with E-state index in [1.807, 2.05) is 16.8 Å². The highest BCUT2D eigenvalue weighted by Crippen LogP contribution is 2.42. The number of likely N-dealkylation sites (tertiary alicyclic amines) is 1. The monoisotopic (exact) mass is 415 g/mol. The molecule has 5 nitrogen and oxygen atoms in total. The van der Waals surface area contributed by atoms with Gasteiger partial charge in [0.25, 0.3) is 0 Å². The fraction of sp³-hybridized carbons (Fsp3) is 0.500. The molecule has 1 fully saturated rings. The molecule has 3 heterocycles. The lowest BCUT2D eigenvalue weighted by molar-refractivity contribution is 0.251. The summed E-state index contributed by atoms with van der Waals surface area (Å²) in [5.41, 5.74) is 11.3. The van der Waals surface area contributed by atoms with Gasteiger partial charge >= 0.3 is 0 Å². The molecule has 0 spiro atoms. The number of piperidine rings is 1. The highest BCUT2D eigenvalue weighted by molar-refractivity contribution is 5.98. The zero-order valence-corrected chi connectivity index (χ0v) is 19.3. The van der Waals surface area contributed by atoms with Crippen LogP contribution in [0.5, 0.6) is 0 Å². The second-order valence-electron chi connectivity index (χ2n) is 9.36. The van der Waals surface area contributed by atoms with Crippen molar-refractivity contribution in [2.24, 2.45) is 10.9 Å². The Labute approximate surface area is 185 Å². The zero-order valence-electron chi connectivity index (χ0n) is 19.3. The predicted molar refractivity (Wildman–Crippen MR) is 128 cm³/mol. The summed E-state index contributed by atoms with van der Waals surface area (Å²) in [4.78, 5) is 7.74. The van der Waals surface area contributed by atoms with E-state index < -0.39 is 0 Å². The number of rotatable bonds is 5. The average molecular weight is 416 g/mol. The predicted octanol–water partition coefficient (Wildman–Crippen LogP) is 5.35. The third-order valence-corrected chi connectivity index (χ3v) is 7.32. The number of para-hydroxylation sites is 1. The largest absolute Gasteiger partial charge is 0.306 e. The maximum atomic E-state index is 5.30. The molecule has 0 radical (unpaired) electrons. The molecule has 1 saturated heterocycles. The zero-order chi connectivity index (χ0) is 21.5. The Balaban J connectivity index is 1.64. The second kappa shape index (κ2) is 8.19. The highest BCUT2D eigenvalue weighted by Gasteiger charge is 2.30. The van der Waals surface area contributed by atoms with Crippen LogP contribution < -0.4 is 0 Å². The number of unbranched alkanes of at least 4 members (excludes halogenated alkanes) is 1. The molecule has 2 aliphatic rings. The molecule has 5 rings (SSSR count). The fourth-order valence-corrected chi connectivity index (χ4v) is 5.46. The van der Waals surface area contributed by atoms with Crippen LogP contribution in [0.3, 0.4) is 0 Å². The lowest BCUT2D eigenvalue weighted by Crippen LogP contribution is -2.33. The van der Waals surface area contributed by atoms with Crippen molar-refractivity contribution in [3.8, 4) is 5.69 Å². The van der Waals surface area contributed by atoms with Crippen LogP contribution in [0.2, 0.25) is 0 Å². The van der Waals surface area contributed by atoms with Crippen molar-refractivity contribution in [1.82, 2.24) is 19.9 Å². The van der Waals surface area contributed by atoms with Crippen LogP contribution in [0, 0.1) is 19.8 Å². The van der Waals surface area contributed by atoms with Gasteiger partial charge in [0.2, 0.25) is 0 Å². The van der Waals surface area contributed by atoms with E-state index in [9.17, 15) is 0 Å². The van der Waals surface area contributed by atoms with Gasteiger partial charge in [-0.15, -0.1) is 5.10 Å². The van der Waals surface area contributed by atoms with Gasteiger partial charge in [-0.05, 0) is 88.5 Å². The Morgan fingerprint density at radius 1 is 1.06 bits per heavy atom. The normalized spacial score (nSPS) is 17.4. The molecule has 0 saturated carbocycles. The molecular formula is C26H33N5. The van der Waals surface area contributed by atoms with Crippen LogP contribution in [0.15, 0.2) is 29.3 Å². The number of hydrogen-bond acceptors (Lipinski definition) is 4. The first-order chi connectivity index (χ1) is 15.1. The van der Waals surface area contributed by atoms with Crippen LogP contribution >= 0.6 is 0 Å². The Bertz CT molecular complexity index is 1150. The van der Waals surface area contributed by atoms with Gasteiger partial charge in [-0.25, -0.2) is 4.68 Å². The molecule has 5 heteroatoms. The van der Waals surface area contributed by atoms with Crippen LogP contribution in [-0.4, -0.2) is 45.7 Å². The van der Waals surface area contributed by atoms with Gasteiger partial charge in [-0.3, -0.25) is 4.99 Å². The molecule has 0 N–H and O–H groups in total. The van der Waals surface area contributed by atoms with Crippen molar-refractivity contribution in [3.05, 3.63) is 46.5 Å². The molecular weight excluding hydrogens is 382 g/mol. The van der Waals surface area contributed by atoms with Gasteiger partial charge in [0.05, 0.1) is 16.9 Å². The topological polar surface area (TPSA) is 46.3 Å². The van der Waals surface area contributed by atoms with E-state index in [-0.39, 0.29) is 0 Å². The third kappa shape index (κ3) is 3.49. The average Bonchev–Trinajstić information content (AvgIpc) is 3.40. The molecule has 0 bridgehead atoms. The van der Waals surface area contributed by atoms with Gasteiger partial charge in [-0.1, -0.05) is 30.7 Å².